The van der Waals surface area contributed by atoms with Crippen molar-refractivity contribution in [2.75, 3.05) is 7.05 Å². The van der Waals surface area contributed by atoms with Crippen LogP contribution in [0.3, 0.4) is 0 Å². The number of halogens is 1. The molecule has 0 aromatic carbocycles. The van der Waals surface area contributed by atoms with Crippen molar-refractivity contribution in [2.45, 2.75) is 60.4 Å². The fourth-order valence-corrected chi connectivity index (χ4v) is 4.36. The number of allylic oxidation sites excluding steroid dienone is 6. The van der Waals surface area contributed by atoms with Crippen molar-refractivity contribution in [3.05, 3.63) is 92.7 Å². The molecule has 0 fully saturated rings. The number of carbonyl (C=O) groups is 1. The summed E-state index contributed by atoms with van der Waals surface area (Å²) in [6, 6.07) is 1.66. The number of Topliss-reactive ketones (excluding diaryl/α,β-unsaturated/α-hetero) is 1. The van der Waals surface area contributed by atoms with Crippen molar-refractivity contribution < 1.29 is 9.18 Å². The van der Waals surface area contributed by atoms with Gasteiger partial charge in [0.15, 0.2) is 11.6 Å². The minimum atomic E-state index is -0.955. The third-order valence-corrected chi connectivity index (χ3v) is 6.14. The monoisotopic (exact) mass is 493 g/mol. The zero-order chi connectivity index (χ0) is 27.0. The summed E-state index contributed by atoms with van der Waals surface area (Å²) in [5, 5.41) is 10.9. The molecule has 0 aliphatic rings. The Hall–Kier alpha value is -3.81. The van der Waals surface area contributed by atoms with E-state index in [0.29, 0.717) is 35.1 Å². The number of ketones is 1. The van der Waals surface area contributed by atoms with Gasteiger partial charge < -0.3 is 15.6 Å². The number of nitrogens with zero attached hydrogens (tertiary/aromatic N) is 3. The fraction of sp³-hybridized carbons (Fsp3) is 0.357. The van der Waals surface area contributed by atoms with Gasteiger partial charge in [0.1, 0.15) is 0 Å². The van der Waals surface area contributed by atoms with E-state index in [4.69, 9.17) is 5.73 Å². The molecular formula is C28H36FN5O2. The number of hydrogen-bond acceptors (Lipinski definition) is 6. The van der Waals surface area contributed by atoms with Crippen LogP contribution in [0.4, 0.5) is 4.39 Å². The molecule has 0 saturated heterocycles. The highest BCUT2D eigenvalue weighted by Gasteiger charge is 2.26. The van der Waals surface area contributed by atoms with Crippen LogP contribution in [-0.4, -0.2) is 27.6 Å². The molecule has 0 radical (unpaired) electrons. The summed E-state index contributed by atoms with van der Waals surface area (Å²) in [6.07, 6.45) is 11.1. The quantitative estimate of drug-likeness (QED) is 0.349. The molecule has 2 aromatic heterocycles. The van der Waals surface area contributed by atoms with E-state index in [-0.39, 0.29) is 17.3 Å². The zero-order valence-corrected chi connectivity index (χ0v) is 22.1. The van der Waals surface area contributed by atoms with Gasteiger partial charge in [-0.2, -0.15) is 10.2 Å². The molecule has 0 bridgehead atoms. The minimum Gasteiger partial charge on any atom is -0.404 e. The number of nitrogens with one attached hydrogen (secondary N) is 1. The van der Waals surface area contributed by atoms with Gasteiger partial charge in [-0.3, -0.25) is 9.59 Å². The van der Waals surface area contributed by atoms with Crippen molar-refractivity contribution in [3.8, 4) is 0 Å². The maximum absolute atomic E-state index is 16.0. The zero-order valence-electron chi connectivity index (χ0n) is 22.1. The third kappa shape index (κ3) is 5.87. The third-order valence-electron chi connectivity index (χ3n) is 6.14. The standard InChI is InChI=1S/C28H36FN5O2/c1-8-22(9-2)34-16-23(19(6)35)28(36)26(29)27(34)18(5)25(21-11-13-32-33-15-21)24(17(3)4)20(14-30)10-12-31-7/h10-16,22,31H,8-9,30H2,1-7H3/b12-10?,20-14+,25-18+. The Balaban J connectivity index is 3.16. The predicted molar refractivity (Wildman–Crippen MR) is 144 cm³/mol. The summed E-state index contributed by atoms with van der Waals surface area (Å²) in [5.74, 6) is -1.43. The maximum Gasteiger partial charge on any atom is 0.228 e. The molecule has 36 heavy (non-hydrogen) atoms. The maximum atomic E-state index is 16.0. The van der Waals surface area contributed by atoms with Gasteiger partial charge in [-0.25, -0.2) is 4.39 Å². The van der Waals surface area contributed by atoms with Crippen molar-refractivity contribution in [3.63, 3.8) is 0 Å². The number of carbonyl (C=O) groups excluding carboxylic acids is 1. The first-order valence-electron chi connectivity index (χ1n) is 12.0. The summed E-state index contributed by atoms with van der Waals surface area (Å²) < 4.78 is 17.7. The van der Waals surface area contributed by atoms with Gasteiger partial charge in [0.25, 0.3) is 0 Å². The molecular weight excluding hydrogens is 457 g/mol. The molecule has 2 rings (SSSR count). The van der Waals surface area contributed by atoms with E-state index in [2.05, 4.69) is 15.5 Å². The molecule has 0 saturated carbocycles. The van der Waals surface area contributed by atoms with Gasteiger partial charge in [0, 0.05) is 31.0 Å². The Morgan fingerprint density at radius 1 is 1.19 bits per heavy atom. The average molecular weight is 494 g/mol. The molecule has 8 heteroatoms. The highest BCUT2D eigenvalue weighted by Crippen LogP contribution is 2.38. The van der Waals surface area contributed by atoms with E-state index in [1.807, 2.05) is 33.8 Å². The van der Waals surface area contributed by atoms with Crippen LogP contribution in [0.1, 0.15) is 82.0 Å². The molecule has 3 N–H and O–H groups in total. The molecule has 7 nitrogen and oxygen atoms in total. The van der Waals surface area contributed by atoms with Crippen molar-refractivity contribution in [2.24, 2.45) is 5.73 Å². The van der Waals surface area contributed by atoms with Crippen LogP contribution in [0.5, 0.6) is 0 Å². The van der Waals surface area contributed by atoms with Crippen LogP contribution in [-0.2, 0) is 0 Å². The van der Waals surface area contributed by atoms with Crippen LogP contribution in [0.15, 0.2) is 64.6 Å². The first-order valence-corrected chi connectivity index (χ1v) is 12.0. The molecule has 2 aromatic rings. The first-order chi connectivity index (χ1) is 17.1. The summed E-state index contributed by atoms with van der Waals surface area (Å²) in [7, 11) is 1.78. The fourth-order valence-electron chi connectivity index (χ4n) is 4.36. The lowest BCUT2D eigenvalue weighted by molar-refractivity contribution is 0.101. The lowest BCUT2D eigenvalue weighted by Gasteiger charge is -2.26. The molecule has 2 heterocycles. The summed E-state index contributed by atoms with van der Waals surface area (Å²) >= 11 is 0. The van der Waals surface area contributed by atoms with Gasteiger partial charge in [-0.15, -0.1) is 0 Å². The smallest absolute Gasteiger partial charge is 0.228 e. The number of rotatable bonds is 10. The second kappa shape index (κ2) is 12.8. The Labute approximate surface area is 212 Å². The van der Waals surface area contributed by atoms with Gasteiger partial charge in [0.05, 0.1) is 23.7 Å². The molecule has 0 aliphatic carbocycles. The van der Waals surface area contributed by atoms with Crippen molar-refractivity contribution >= 4 is 16.9 Å². The van der Waals surface area contributed by atoms with Crippen LogP contribution >= 0.6 is 0 Å². The second-order valence-corrected chi connectivity index (χ2v) is 8.72. The van der Waals surface area contributed by atoms with Gasteiger partial charge in [-0.1, -0.05) is 19.4 Å². The molecule has 0 aliphatic heterocycles. The van der Waals surface area contributed by atoms with E-state index in [1.54, 1.807) is 43.2 Å². The second-order valence-electron chi connectivity index (χ2n) is 8.72. The number of pyridine rings is 1. The van der Waals surface area contributed by atoms with Crippen LogP contribution in [0.2, 0.25) is 0 Å². The van der Waals surface area contributed by atoms with Crippen molar-refractivity contribution in [1.29, 1.82) is 0 Å². The Kier molecular flexibility index (Phi) is 10.1. The van der Waals surface area contributed by atoms with E-state index in [0.717, 1.165) is 11.1 Å². The molecule has 192 valence electrons. The first kappa shape index (κ1) is 28.4. The Morgan fingerprint density at radius 3 is 2.33 bits per heavy atom. The topological polar surface area (TPSA) is 103 Å². The van der Waals surface area contributed by atoms with E-state index >= 15 is 4.39 Å². The molecule has 0 atom stereocenters. The Morgan fingerprint density at radius 2 is 1.86 bits per heavy atom. The normalized spacial score (nSPS) is 12.6. The number of nitrogens with two attached hydrogens (primary N) is 1. The largest absolute Gasteiger partial charge is 0.404 e. The summed E-state index contributed by atoms with van der Waals surface area (Å²) in [4.78, 5) is 25.1. The molecule has 0 unspecified atom stereocenters. The lowest BCUT2D eigenvalue weighted by atomic mass is 9.85. The van der Waals surface area contributed by atoms with E-state index in [1.165, 1.54) is 19.3 Å². The van der Waals surface area contributed by atoms with Gasteiger partial charge >= 0.3 is 0 Å². The van der Waals surface area contributed by atoms with E-state index < -0.39 is 17.0 Å². The van der Waals surface area contributed by atoms with Crippen LogP contribution in [0, 0.1) is 5.82 Å². The number of hydrogen-bond donors (Lipinski definition) is 2. The predicted octanol–water partition coefficient (Wildman–Crippen LogP) is 5.18. The van der Waals surface area contributed by atoms with Gasteiger partial charge in [-0.05, 0) is 81.2 Å². The Bertz CT molecular complexity index is 1280. The van der Waals surface area contributed by atoms with Crippen LogP contribution < -0.4 is 16.5 Å². The van der Waals surface area contributed by atoms with Crippen molar-refractivity contribution in [1.82, 2.24) is 20.1 Å². The highest BCUT2D eigenvalue weighted by molar-refractivity contribution is 6.00. The summed E-state index contributed by atoms with van der Waals surface area (Å²) in [6.45, 7) is 10.9. The SMILES string of the molecule is CCC(CC)n1cc(C(C)=O)c(=O)c(F)c1/C(C)=C(/C(=C(C)C)/C(C=CNC)=C/N)c1ccnnc1. The minimum absolute atomic E-state index is 0.121. The van der Waals surface area contributed by atoms with Gasteiger partial charge in [0.2, 0.25) is 5.43 Å². The van der Waals surface area contributed by atoms with E-state index in [9.17, 15) is 9.59 Å². The lowest BCUT2D eigenvalue weighted by Crippen LogP contribution is -2.26. The summed E-state index contributed by atoms with van der Waals surface area (Å²) in [5.41, 5.74) is 9.38. The number of aromatic nitrogens is 3. The molecule has 0 spiro atoms. The average Bonchev–Trinajstić information content (AvgIpc) is 2.86. The highest BCUT2D eigenvalue weighted by atomic mass is 19.1. The van der Waals surface area contributed by atoms with Crippen LogP contribution in [0.25, 0.3) is 11.1 Å². The molecule has 0 amide bonds.